The van der Waals surface area contributed by atoms with E-state index in [0.717, 1.165) is 25.7 Å². The van der Waals surface area contributed by atoms with Crippen molar-refractivity contribution in [3.05, 3.63) is 16.3 Å². The van der Waals surface area contributed by atoms with Gasteiger partial charge in [-0.2, -0.15) is 0 Å². The predicted octanol–water partition coefficient (Wildman–Crippen LogP) is 4.47. The number of hydrogen-bond acceptors (Lipinski definition) is 6. The van der Waals surface area contributed by atoms with Gasteiger partial charge in [-0.05, 0) is 43.8 Å². The minimum absolute atomic E-state index is 0.00818. The first-order chi connectivity index (χ1) is 13.0. The molecule has 8 nitrogen and oxygen atoms in total. The molecule has 1 saturated heterocycles. The summed E-state index contributed by atoms with van der Waals surface area (Å²) < 4.78 is 19.3. The van der Waals surface area contributed by atoms with Gasteiger partial charge in [0.2, 0.25) is 0 Å². The highest BCUT2D eigenvalue weighted by molar-refractivity contribution is 6.74. The Labute approximate surface area is 167 Å². The Kier molecular flexibility index (Phi) is 5.89. The number of rotatable bonds is 8. The minimum atomic E-state index is -1.78. The summed E-state index contributed by atoms with van der Waals surface area (Å²) in [6, 6.07) is 0.134. The van der Waals surface area contributed by atoms with Crippen molar-refractivity contribution in [2.24, 2.45) is 0 Å². The fraction of sp³-hybridized carbons (Fsp3) is 0.842. The van der Waals surface area contributed by atoms with E-state index in [2.05, 4.69) is 39.0 Å². The lowest BCUT2D eigenvalue weighted by atomic mass is 10.0. The molecule has 2 heterocycles. The van der Waals surface area contributed by atoms with Gasteiger partial charge in [-0.15, -0.1) is 5.10 Å². The predicted molar refractivity (Wildman–Crippen MR) is 108 cm³/mol. The van der Waals surface area contributed by atoms with E-state index in [-0.39, 0.29) is 28.2 Å². The van der Waals surface area contributed by atoms with E-state index in [1.165, 1.54) is 6.20 Å². The maximum Gasteiger partial charge on any atom is 0.350 e. The summed E-state index contributed by atoms with van der Waals surface area (Å²) in [5.74, 6) is 0.105. The molecular formula is C19H33N3O5Si. The fourth-order valence-corrected chi connectivity index (χ4v) is 4.36. The van der Waals surface area contributed by atoms with Crippen LogP contribution in [0.25, 0.3) is 0 Å². The maximum absolute atomic E-state index is 11.4. The standard InChI is InChI=1S/C19H33N3O5Si/c1-18(2,3)28(4,5)27-11-6-10-25-17-16(22(23)24)14-21(20-17)15-7-12-26-19(13-15)8-9-19/h14-15H,6-13H2,1-5H3. The molecule has 1 aromatic heterocycles. The lowest BCUT2D eigenvalue weighted by Gasteiger charge is -2.36. The van der Waals surface area contributed by atoms with E-state index < -0.39 is 13.2 Å². The van der Waals surface area contributed by atoms with Crippen LogP contribution in [-0.4, -0.2) is 48.4 Å². The molecule has 0 N–H and O–H groups in total. The Bertz CT molecular complexity index is 709. The molecule has 1 spiro atoms. The zero-order valence-electron chi connectivity index (χ0n) is 17.7. The van der Waals surface area contributed by atoms with Crippen LogP contribution in [0.2, 0.25) is 18.1 Å². The summed E-state index contributed by atoms with van der Waals surface area (Å²) in [7, 11) is -1.78. The fourth-order valence-electron chi connectivity index (χ4n) is 3.27. The average Bonchev–Trinajstić information content (AvgIpc) is 3.18. The van der Waals surface area contributed by atoms with Crippen molar-refractivity contribution in [3.63, 3.8) is 0 Å². The normalized spacial score (nSPS) is 21.7. The Morgan fingerprint density at radius 1 is 1.39 bits per heavy atom. The van der Waals surface area contributed by atoms with Crippen LogP contribution in [0, 0.1) is 10.1 Å². The second-order valence-electron chi connectivity index (χ2n) is 9.55. The van der Waals surface area contributed by atoms with Crippen molar-refractivity contribution in [2.75, 3.05) is 19.8 Å². The Balaban J connectivity index is 1.55. The first kappa shape index (κ1) is 21.3. The molecule has 1 aliphatic carbocycles. The lowest BCUT2D eigenvalue weighted by molar-refractivity contribution is -0.386. The van der Waals surface area contributed by atoms with E-state index in [1.807, 2.05) is 0 Å². The Morgan fingerprint density at radius 3 is 2.71 bits per heavy atom. The van der Waals surface area contributed by atoms with Crippen molar-refractivity contribution in [1.82, 2.24) is 9.78 Å². The molecule has 2 aliphatic rings. The monoisotopic (exact) mass is 411 g/mol. The maximum atomic E-state index is 11.4. The number of hydrogen-bond donors (Lipinski definition) is 0. The van der Waals surface area contributed by atoms with Crippen molar-refractivity contribution in [1.29, 1.82) is 0 Å². The molecule has 2 fully saturated rings. The van der Waals surface area contributed by atoms with Gasteiger partial charge in [-0.1, -0.05) is 20.8 Å². The SMILES string of the molecule is CC(C)(C)[Si](C)(C)OCCCOc1nn(C2CCOC3(CC3)C2)cc1[N+](=O)[O-]. The molecule has 0 radical (unpaired) electrons. The number of nitro groups is 1. The summed E-state index contributed by atoms with van der Waals surface area (Å²) in [6.45, 7) is 12.6. The van der Waals surface area contributed by atoms with Crippen molar-refractivity contribution in [3.8, 4) is 5.88 Å². The van der Waals surface area contributed by atoms with Gasteiger partial charge >= 0.3 is 11.6 Å². The van der Waals surface area contributed by atoms with Crippen LogP contribution < -0.4 is 4.74 Å². The zero-order chi connectivity index (χ0) is 20.6. The van der Waals surface area contributed by atoms with E-state index in [1.54, 1.807) is 4.68 Å². The molecule has 1 aliphatic heterocycles. The van der Waals surface area contributed by atoms with Crippen LogP contribution in [0.3, 0.4) is 0 Å². The van der Waals surface area contributed by atoms with Crippen LogP contribution in [0.4, 0.5) is 5.69 Å². The van der Waals surface area contributed by atoms with Gasteiger partial charge in [-0.3, -0.25) is 14.8 Å². The van der Waals surface area contributed by atoms with Gasteiger partial charge in [0.05, 0.1) is 23.2 Å². The molecule has 9 heteroatoms. The third-order valence-corrected chi connectivity index (χ3v) is 10.9. The van der Waals surface area contributed by atoms with Gasteiger partial charge < -0.3 is 13.9 Å². The highest BCUT2D eigenvalue weighted by Gasteiger charge is 2.48. The van der Waals surface area contributed by atoms with Crippen LogP contribution in [0.5, 0.6) is 5.88 Å². The number of nitrogens with zero attached hydrogens (tertiary/aromatic N) is 3. The molecule has 1 atom stereocenters. The van der Waals surface area contributed by atoms with Crippen molar-refractivity contribution in [2.45, 2.75) is 82.7 Å². The molecule has 158 valence electrons. The average molecular weight is 412 g/mol. The molecular weight excluding hydrogens is 378 g/mol. The molecule has 1 saturated carbocycles. The molecule has 28 heavy (non-hydrogen) atoms. The Morgan fingerprint density at radius 2 is 2.11 bits per heavy atom. The zero-order valence-corrected chi connectivity index (χ0v) is 18.7. The highest BCUT2D eigenvalue weighted by Crippen LogP contribution is 2.49. The van der Waals surface area contributed by atoms with Crippen LogP contribution in [0.1, 0.15) is 58.9 Å². The quantitative estimate of drug-likeness (QED) is 0.271. The van der Waals surface area contributed by atoms with Gasteiger partial charge in [0, 0.05) is 19.6 Å². The van der Waals surface area contributed by atoms with Crippen molar-refractivity contribution >= 4 is 14.0 Å². The van der Waals surface area contributed by atoms with E-state index >= 15 is 0 Å². The van der Waals surface area contributed by atoms with Crippen molar-refractivity contribution < 1.29 is 18.8 Å². The molecule has 0 aromatic carbocycles. The smallest absolute Gasteiger partial charge is 0.350 e. The molecule has 1 aromatic rings. The summed E-state index contributed by atoms with van der Waals surface area (Å²) in [5.41, 5.74) is -0.0761. The molecule has 1 unspecified atom stereocenters. The topological polar surface area (TPSA) is 88.7 Å². The lowest BCUT2D eigenvalue weighted by Crippen LogP contribution is -2.41. The molecule has 0 bridgehead atoms. The third-order valence-electron chi connectivity index (χ3n) is 6.32. The summed E-state index contributed by atoms with van der Waals surface area (Å²) >= 11 is 0. The second-order valence-corrected chi connectivity index (χ2v) is 14.4. The molecule has 3 rings (SSSR count). The van der Waals surface area contributed by atoms with Gasteiger partial charge in [-0.25, -0.2) is 0 Å². The number of ether oxygens (including phenoxy) is 2. The first-order valence-electron chi connectivity index (χ1n) is 10.2. The van der Waals surface area contributed by atoms with Gasteiger partial charge in [0.1, 0.15) is 6.20 Å². The highest BCUT2D eigenvalue weighted by atomic mass is 28.4. The van der Waals surface area contributed by atoms with Gasteiger partial charge in [0.15, 0.2) is 8.32 Å². The second kappa shape index (κ2) is 7.76. The minimum Gasteiger partial charge on any atom is -0.472 e. The van der Waals surface area contributed by atoms with E-state index in [4.69, 9.17) is 13.9 Å². The van der Waals surface area contributed by atoms with Crippen LogP contribution >= 0.6 is 0 Å². The largest absolute Gasteiger partial charge is 0.472 e. The number of aromatic nitrogens is 2. The van der Waals surface area contributed by atoms with Crippen LogP contribution in [-0.2, 0) is 9.16 Å². The van der Waals surface area contributed by atoms with E-state index in [9.17, 15) is 10.1 Å². The third kappa shape index (κ3) is 4.75. The summed E-state index contributed by atoms with van der Waals surface area (Å²) in [6.07, 6.45) is 6.02. The summed E-state index contributed by atoms with van der Waals surface area (Å²) in [5, 5.41) is 16.0. The van der Waals surface area contributed by atoms with Crippen LogP contribution in [0.15, 0.2) is 6.20 Å². The summed E-state index contributed by atoms with van der Waals surface area (Å²) in [4.78, 5) is 11.0. The van der Waals surface area contributed by atoms with E-state index in [0.29, 0.717) is 26.2 Å². The molecule has 0 amide bonds. The first-order valence-corrected chi connectivity index (χ1v) is 13.1. The van der Waals surface area contributed by atoms with Gasteiger partial charge in [0.25, 0.3) is 0 Å². The Hall–Kier alpha value is -1.45.